The first-order chi connectivity index (χ1) is 8.61. The number of morpholine rings is 1. The molecule has 0 aromatic carbocycles. The third-order valence-electron chi connectivity index (χ3n) is 3.13. The molecule has 1 heterocycles. The molecule has 19 heavy (non-hydrogen) atoms. The second-order valence-corrected chi connectivity index (χ2v) is 6.45. The Labute approximate surface area is 115 Å². The molecule has 0 spiro atoms. The van der Waals surface area contributed by atoms with E-state index in [0.29, 0.717) is 13.1 Å². The number of carbonyl (C=O) groups is 2. The number of rotatable bonds is 2. The van der Waals surface area contributed by atoms with E-state index in [1.165, 1.54) is 0 Å². The minimum Gasteiger partial charge on any atom is -0.372 e. The molecule has 3 unspecified atom stereocenters. The lowest BCUT2D eigenvalue weighted by molar-refractivity contribution is -0.147. The highest BCUT2D eigenvalue weighted by Gasteiger charge is 2.31. The van der Waals surface area contributed by atoms with Crippen LogP contribution in [0.2, 0.25) is 0 Å². The van der Waals surface area contributed by atoms with Crippen molar-refractivity contribution < 1.29 is 14.3 Å². The van der Waals surface area contributed by atoms with E-state index in [2.05, 4.69) is 5.32 Å². The maximum absolute atomic E-state index is 12.3. The van der Waals surface area contributed by atoms with Crippen LogP contribution in [-0.2, 0) is 14.3 Å². The number of amides is 2. The first kappa shape index (κ1) is 16.0. The van der Waals surface area contributed by atoms with E-state index < -0.39 is 11.5 Å². The lowest BCUT2D eigenvalue weighted by atomic mass is 9.95. The Bertz CT molecular complexity index is 339. The molecule has 2 amide bonds. The van der Waals surface area contributed by atoms with Crippen molar-refractivity contribution in [3.05, 3.63) is 0 Å². The summed E-state index contributed by atoms with van der Waals surface area (Å²) >= 11 is 0. The molecule has 0 saturated carbocycles. The van der Waals surface area contributed by atoms with Crippen molar-refractivity contribution in [2.45, 2.75) is 59.8 Å². The van der Waals surface area contributed by atoms with Crippen LogP contribution in [0.4, 0.5) is 0 Å². The summed E-state index contributed by atoms with van der Waals surface area (Å²) in [7, 11) is 0. The van der Waals surface area contributed by atoms with Gasteiger partial charge in [0, 0.05) is 18.5 Å². The number of carbonyl (C=O) groups excluding carboxylic acids is 2. The second-order valence-electron chi connectivity index (χ2n) is 6.45. The van der Waals surface area contributed by atoms with Gasteiger partial charge in [0.25, 0.3) is 0 Å². The summed E-state index contributed by atoms with van der Waals surface area (Å²) in [6.45, 7) is 12.3. The topological polar surface area (TPSA) is 58.6 Å². The summed E-state index contributed by atoms with van der Waals surface area (Å²) in [5.41, 5.74) is -0.486. The number of ether oxygens (including phenoxy) is 1. The van der Waals surface area contributed by atoms with Crippen LogP contribution in [0.3, 0.4) is 0 Å². The van der Waals surface area contributed by atoms with Crippen LogP contribution in [0.5, 0.6) is 0 Å². The fraction of sp³-hybridized carbons (Fsp3) is 0.857. The molecule has 0 radical (unpaired) electrons. The first-order valence-corrected chi connectivity index (χ1v) is 6.86. The number of hydrogen-bond acceptors (Lipinski definition) is 3. The summed E-state index contributed by atoms with van der Waals surface area (Å²) < 4.78 is 5.60. The molecule has 5 heteroatoms. The highest BCUT2D eigenvalue weighted by molar-refractivity contribution is 5.89. The summed E-state index contributed by atoms with van der Waals surface area (Å²) in [6, 6.07) is -0.496. The van der Waals surface area contributed by atoms with Gasteiger partial charge in [-0.05, 0) is 20.8 Å². The quantitative estimate of drug-likeness (QED) is 0.819. The molecule has 1 N–H and O–H groups in total. The average Bonchev–Trinajstić information content (AvgIpc) is 2.25. The number of hydrogen-bond donors (Lipinski definition) is 1. The van der Waals surface area contributed by atoms with Gasteiger partial charge in [-0.25, -0.2) is 0 Å². The Morgan fingerprint density at radius 1 is 1.21 bits per heavy atom. The van der Waals surface area contributed by atoms with Gasteiger partial charge in [-0.1, -0.05) is 20.8 Å². The maximum Gasteiger partial charge on any atom is 0.245 e. The molecule has 1 aliphatic rings. The summed E-state index contributed by atoms with van der Waals surface area (Å²) in [4.78, 5) is 26.0. The van der Waals surface area contributed by atoms with Gasteiger partial charge < -0.3 is 15.0 Å². The van der Waals surface area contributed by atoms with Crippen molar-refractivity contribution in [1.82, 2.24) is 10.2 Å². The van der Waals surface area contributed by atoms with Gasteiger partial charge in [-0.15, -0.1) is 0 Å². The largest absolute Gasteiger partial charge is 0.372 e. The molecule has 1 aliphatic heterocycles. The van der Waals surface area contributed by atoms with Crippen molar-refractivity contribution in [3.8, 4) is 0 Å². The maximum atomic E-state index is 12.3. The fourth-order valence-electron chi connectivity index (χ4n) is 2.11. The third-order valence-corrected chi connectivity index (χ3v) is 3.13. The molecule has 1 rings (SSSR count). The van der Waals surface area contributed by atoms with Crippen molar-refractivity contribution in [3.63, 3.8) is 0 Å². The second kappa shape index (κ2) is 5.90. The van der Waals surface area contributed by atoms with E-state index in [1.807, 2.05) is 34.6 Å². The van der Waals surface area contributed by atoms with Crippen LogP contribution in [0.25, 0.3) is 0 Å². The van der Waals surface area contributed by atoms with Gasteiger partial charge in [0.05, 0.1) is 12.2 Å². The standard InChI is InChI=1S/C14H26N2O3/c1-9-7-16(8-10(2)19-9)12(17)11(3)15-13(18)14(4,5)6/h9-11H,7-8H2,1-6H3,(H,15,18). The zero-order chi connectivity index (χ0) is 14.8. The summed E-state index contributed by atoms with van der Waals surface area (Å²) in [5.74, 6) is -0.151. The van der Waals surface area contributed by atoms with Gasteiger partial charge >= 0.3 is 0 Å². The minimum absolute atomic E-state index is 0.0400. The van der Waals surface area contributed by atoms with Crippen molar-refractivity contribution in [2.75, 3.05) is 13.1 Å². The van der Waals surface area contributed by atoms with Gasteiger partial charge in [0.1, 0.15) is 6.04 Å². The van der Waals surface area contributed by atoms with Crippen LogP contribution in [0.15, 0.2) is 0 Å². The molecule has 3 atom stereocenters. The Hall–Kier alpha value is -1.10. The molecule has 0 aliphatic carbocycles. The molecule has 5 nitrogen and oxygen atoms in total. The Balaban J connectivity index is 2.59. The van der Waals surface area contributed by atoms with E-state index >= 15 is 0 Å². The van der Waals surface area contributed by atoms with Crippen LogP contribution in [0, 0.1) is 5.41 Å². The van der Waals surface area contributed by atoms with Gasteiger partial charge in [-0.2, -0.15) is 0 Å². The lowest BCUT2D eigenvalue weighted by Crippen LogP contribution is -2.55. The van der Waals surface area contributed by atoms with Crippen LogP contribution in [-0.4, -0.2) is 48.1 Å². The fourth-order valence-corrected chi connectivity index (χ4v) is 2.11. The van der Waals surface area contributed by atoms with Crippen LogP contribution in [0.1, 0.15) is 41.5 Å². The highest BCUT2D eigenvalue weighted by atomic mass is 16.5. The molecule has 1 saturated heterocycles. The van der Waals surface area contributed by atoms with E-state index in [-0.39, 0.29) is 24.0 Å². The summed E-state index contributed by atoms with van der Waals surface area (Å²) in [5, 5.41) is 2.78. The average molecular weight is 270 g/mol. The van der Waals surface area contributed by atoms with E-state index in [1.54, 1.807) is 11.8 Å². The van der Waals surface area contributed by atoms with Gasteiger partial charge in [0.15, 0.2) is 0 Å². The smallest absolute Gasteiger partial charge is 0.245 e. The SMILES string of the molecule is CC1CN(C(=O)C(C)NC(=O)C(C)(C)C)CC(C)O1. The number of nitrogens with zero attached hydrogens (tertiary/aromatic N) is 1. The predicted octanol–water partition coefficient (Wildman–Crippen LogP) is 1.17. The molecule has 110 valence electrons. The molecule has 0 aromatic heterocycles. The van der Waals surface area contributed by atoms with Crippen molar-refractivity contribution in [2.24, 2.45) is 5.41 Å². The number of nitrogens with one attached hydrogen (secondary N) is 1. The monoisotopic (exact) mass is 270 g/mol. The predicted molar refractivity (Wildman–Crippen MR) is 73.6 cm³/mol. The third kappa shape index (κ3) is 4.49. The first-order valence-electron chi connectivity index (χ1n) is 6.86. The van der Waals surface area contributed by atoms with E-state index in [0.717, 1.165) is 0 Å². The lowest BCUT2D eigenvalue weighted by Gasteiger charge is -2.37. The molecule has 0 aromatic rings. The summed E-state index contributed by atoms with van der Waals surface area (Å²) in [6.07, 6.45) is 0.0800. The Morgan fingerprint density at radius 2 is 1.68 bits per heavy atom. The van der Waals surface area contributed by atoms with Crippen LogP contribution < -0.4 is 5.32 Å². The van der Waals surface area contributed by atoms with E-state index in [9.17, 15) is 9.59 Å². The van der Waals surface area contributed by atoms with Crippen molar-refractivity contribution in [1.29, 1.82) is 0 Å². The normalized spacial score (nSPS) is 25.9. The molecular weight excluding hydrogens is 244 g/mol. The van der Waals surface area contributed by atoms with Gasteiger partial charge in [0.2, 0.25) is 11.8 Å². The Morgan fingerprint density at radius 3 is 2.11 bits per heavy atom. The molecule has 1 fully saturated rings. The van der Waals surface area contributed by atoms with Gasteiger partial charge in [-0.3, -0.25) is 9.59 Å². The Kier molecular flexibility index (Phi) is 4.96. The zero-order valence-electron chi connectivity index (χ0n) is 12.8. The van der Waals surface area contributed by atoms with Crippen molar-refractivity contribution >= 4 is 11.8 Å². The zero-order valence-corrected chi connectivity index (χ0v) is 12.8. The molecule has 0 bridgehead atoms. The van der Waals surface area contributed by atoms with Crippen LogP contribution >= 0.6 is 0 Å². The minimum atomic E-state index is -0.496. The highest BCUT2D eigenvalue weighted by Crippen LogP contribution is 2.15. The van der Waals surface area contributed by atoms with E-state index in [4.69, 9.17) is 4.74 Å². The molecular formula is C14H26N2O3.